The lowest BCUT2D eigenvalue weighted by Crippen LogP contribution is -2.32. The van der Waals surface area contributed by atoms with Gasteiger partial charge in [0.25, 0.3) is 0 Å². The summed E-state index contributed by atoms with van der Waals surface area (Å²) >= 11 is 0. The van der Waals surface area contributed by atoms with Gasteiger partial charge in [-0.25, -0.2) is 0 Å². The quantitative estimate of drug-likeness (QED) is 0.635. The molecule has 0 aliphatic heterocycles. The van der Waals surface area contributed by atoms with Crippen LogP contribution in [0.25, 0.3) is 0 Å². The molecule has 0 heterocycles. The van der Waals surface area contributed by atoms with Crippen molar-refractivity contribution in [3.63, 3.8) is 0 Å². The van der Waals surface area contributed by atoms with Crippen molar-refractivity contribution in [2.45, 2.75) is 64.2 Å². The molecule has 1 heteroatoms. The number of unbranched alkanes of at least 4 members (excludes halogenated alkanes) is 2. The fourth-order valence-electron chi connectivity index (χ4n) is 3.29. The molecule has 0 unspecified atom stereocenters. The molecule has 2 N–H and O–H groups in total. The normalized spacial score (nSPS) is 22.8. The van der Waals surface area contributed by atoms with Crippen LogP contribution >= 0.6 is 0 Å². The smallest absolute Gasteiger partial charge is 0.00773 e. The Morgan fingerprint density at radius 3 is 1.87 bits per heavy atom. The molecule has 0 bridgehead atoms. The average molecular weight is 209 g/mol. The fraction of sp³-hybridized carbons (Fsp3) is 1.00. The summed E-state index contributed by atoms with van der Waals surface area (Å²) in [5.41, 5.74) is 5.54. The van der Waals surface area contributed by atoms with E-state index >= 15 is 0 Å². The Morgan fingerprint density at radius 2 is 1.47 bits per heavy atom. The first-order valence-corrected chi connectivity index (χ1v) is 7.12. The van der Waals surface area contributed by atoms with Gasteiger partial charge < -0.3 is 5.73 Å². The Morgan fingerprint density at radius 1 is 0.867 bits per heavy atom. The standard InChI is InChI=1S/C14H27N/c15-11-3-1-2-10-14(12-6-4-7-12)13-8-5-9-13/h12-14H,1-11,15H2. The summed E-state index contributed by atoms with van der Waals surface area (Å²) in [6, 6.07) is 0. The topological polar surface area (TPSA) is 26.0 Å². The van der Waals surface area contributed by atoms with Crippen molar-refractivity contribution in [1.82, 2.24) is 0 Å². The molecule has 0 aromatic carbocycles. The minimum Gasteiger partial charge on any atom is -0.330 e. The lowest BCUT2D eigenvalue weighted by atomic mass is 9.63. The van der Waals surface area contributed by atoms with Gasteiger partial charge in [0.2, 0.25) is 0 Å². The number of rotatable bonds is 7. The Balaban J connectivity index is 1.67. The summed E-state index contributed by atoms with van der Waals surface area (Å²) in [5, 5.41) is 0. The summed E-state index contributed by atoms with van der Waals surface area (Å²) in [4.78, 5) is 0. The van der Waals surface area contributed by atoms with Crippen molar-refractivity contribution in [2.75, 3.05) is 6.54 Å². The summed E-state index contributed by atoms with van der Waals surface area (Å²) in [6.07, 6.45) is 14.7. The third-order valence-electron chi connectivity index (χ3n) is 4.75. The molecule has 0 radical (unpaired) electrons. The third-order valence-corrected chi connectivity index (χ3v) is 4.75. The van der Waals surface area contributed by atoms with Crippen LogP contribution in [0.2, 0.25) is 0 Å². The summed E-state index contributed by atoms with van der Waals surface area (Å²) in [7, 11) is 0. The van der Waals surface area contributed by atoms with E-state index in [0.717, 1.165) is 24.3 Å². The van der Waals surface area contributed by atoms with Crippen molar-refractivity contribution >= 4 is 0 Å². The van der Waals surface area contributed by atoms with Crippen LogP contribution in [0.15, 0.2) is 0 Å². The van der Waals surface area contributed by atoms with Gasteiger partial charge in [-0.05, 0) is 37.1 Å². The molecule has 2 fully saturated rings. The molecular formula is C14H27N. The van der Waals surface area contributed by atoms with E-state index in [1.165, 1.54) is 64.2 Å². The van der Waals surface area contributed by atoms with Gasteiger partial charge in [-0.2, -0.15) is 0 Å². The monoisotopic (exact) mass is 209 g/mol. The molecule has 0 saturated heterocycles. The van der Waals surface area contributed by atoms with Gasteiger partial charge in [0.1, 0.15) is 0 Å². The lowest BCUT2D eigenvalue weighted by Gasteiger charge is -2.43. The molecule has 0 amide bonds. The molecule has 0 aromatic heterocycles. The van der Waals surface area contributed by atoms with E-state index < -0.39 is 0 Å². The molecule has 2 aliphatic carbocycles. The minimum atomic E-state index is 0.886. The maximum absolute atomic E-state index is 5.54. The molecule has 0 atom stereocenters. The maximum atomic E-state index is 5.54. The van der Waals surface area contributed by atoms with Crippen molar-refractivity contribution in [1.29, 1.82) is 0 Å². The van der Waals surface area contributed by atoms with Crippen LogP contribution in [0.4, 0.5) is 0 Å². The van der Waals surface area contributed by atoms with Gasteiger partial charge in [0, 0.05) is 0 Å². The Labute approximate surface area is 94.8 Å². The van der Waals surface area contributed by atoms with Crippen LogP contribution in [0, 0.1) is 17.8 Å². The molecule has 1 nitrogen and oxygen atoms in total. The van der Waals surface area contributed by atoms with Crippen molar-refractivity contribution in [2.24, 2.45) is 23.5 Å². The number of hydrogen-bond donors (Lipinski definition) is 1. The van der Waals surface area contributed by atoms with Gasteiger partial charge in [0.15, 0.2) is 0 Å². The first kappa shape index (κ1) is 11.4. The van der Waals surface area contributed by atoms with Crippen molar-refractivity contribution < 1.29 is 0 Å². The highest BCUT2D eigenvalue weighted by molar-refractivity contribution is 4.86. The molecule has 2 aliphatic rings. The molecular weight excluding hydrogens is 182 g/mol. The molecule has 88 valence electrons. The van der Waals surface area contributed by atoms with E-state index in [2.05, 4.69) is 0 Å². The number of hydrogen-bond acceptors (Lipinski definition) is 1. The summed E-state index contributed by atoms with van der Waals surface area (Å²) < 4.78 is 0. The number of nitrogens with two attached hydrogens (primary N) is 1. The molecule has 2 saturated carbocycles. The van der Waals surface area contributed by atoms with Gasteiger partial charge in [-0.3, -0.25) is 0 Å². The third kappa shape index (κ3) is 2.96. The van der Waals surface area contributed by atoms with E-state index in [4.69, 9.17) is 5.73 Å². The van der Waals surface area contributed by atoms with Crippen LogP contribution < -0.4 is 5.73 Å². The zero-order valence-corrected chi connectivity index (χ0v) is 10.1. The first-order valence-electron chi connectivity index (χ1n) is 7.12. The first-order chi connectivity index (χ1) is 7.42. The zero-order valence-electron chi connectivity index (χ0n) is 10.1. The second kappa shape index (κ2) is 5.89. The van der Waals surface area contributed by atoms with Crippen LogP contribution in [0.1, 0.15) is 64.2 Å². The Bertz CT molecular complexity index is 156. The summed E-state index contributed by atoms with van der Waals surface area (Å²) in [5.74, 6) is 3.34. The second-order valence-electron chi connectivity index (χ2n) is 5.68. The van der Waals surface area contributed by atoms with E-state index in [1.54, 1.807) is 0 Å². The van der Waals surface area contributed by atoms with Crippen molar-refractivity contribution in [3.05, 3.63) is 0 Å². The Kier molecular flexibility index (Phi) is 4.49. The fourth-order valence-corrected chi connectivity index (χ4v) is 3.29. The highest BCUT2D eigenvalue weighted by Crippen LogP contribution is 2.46. The SMILES string of the molecule is NCCCCCC(C1CCC1)C1CCC1. The summed E-state index contributed by atoms with van der Waals surface area (Å²) in [6.45, 7) is 0.886. The van der Waals surface area contributed by atoms with Crippen LogP contribution in [0.3, 0.4) is 0 Å². The highest BCUT2D eigenvalue weighted by atomic mass is 14.5. The predicted molar refractivity (Wildman–Crippen MR) is 65.7 cm³/mol. The lowest BCUT2D eigenvalue weighted by molar-refractivity contribution is 0.0834. The molecule has 0 aromatic rings. The second-order valence-corrected chi connectivity index (χ2v) is 5.68. The van der Waals surface area contributed by atoms with E-state index in [-0.39, 0.29) is 0 Å². The molecule has 15 heavy (non-hydrogen) atoms. The largest absolute Gasteiger partial charge is 0.330 e. The van der Waals surface area contributed by atoms with Crippen LogP contribution in [-0.2, 0) is 0 Å². The van der Waals surface area contributed by atoms with E-state index in [0.29, 0.717) is 0 Å². The van der Waals surface area contributed by atoms with E-state index in [9.17, 15) is 0 Å². The average Bonchev–Trinajstić information content (AvgIpc) is 2.06. The highest BCUT2D eigenvalue weighted by Gasteiger charge is 2.35. The predicted octanol–water partition coefficient (Wildman–Crippen LogP) is 3.72. The van der Waals surface area contributed by atoms with Gasteiger partial charge >= 0.3 is 0 Å². The maximum Gasteiger partial charge on any atom is -0.00773 e. The molecule has 2 rings (SSSR count). The van der Waals surface area contributed by atoms with Crippen LogP contribution in [0.5, 0.6) is 0 Å². The van der Waals surface area contributed by atoms with Crippen LogP contribution in [-0.4, -0.2) is 6.54 Å². The van der Waals surface area contributed by atoms with Gasteiger partial charge in [0.05, 0.1) is 0 Å². The minimum absolute atomic E-state index is 0.886. The van der Waals surface area contributed by atoms with Gasteiger partial charge in [-0.15, -0.1) is 0 Å². The Hall–Kier alpha value is -0.0400. The molecule has 0 spiro atoms. The van der Waals surface area contributed by atoms with Gasteiger partial charge in [-0.1, -0.05) is 51.4 Å². The van der Waals surface area contributed by atoms with E-state index in [1.807, 2.05) is 0 Å². The van der Waals surface area contributed by atoms with Crippen molar-refractivity contribution in [3.8, 4) is 0 Å². The zero-order chi connectivity index (χ0) is 10.5.